The fraction of sp³-hybridized carbons (Fsp3) is 0.278. The third kappa shape index (κ3) is 7.58. The summed E-state index contributed by atoms with van der Waals surface area (Å²) in [5, 5.41) is 2.85. The number of halogens is 1. The van der Waals surface area contributed by atoms with Crippen LogP contribution in [0.25, 0.3) is 0 Å². The lowest BCUT2D eigenvalue weighted by atomic mass is 10.2. The fourth-order valence-corrected chi connectivity index (χ4v) is 3.13. The van der Waals surface area contributed by atoms with Crippen LogP contribution in [-0.4, -0.2) is 45.9 Å². The van der Waals surface area contributed by atoms with E-state index in [1.165, 1.54) is 0 Å². The SMILES string of the molecule is COCCN(Cc1ccc(OS(C)(=O)=O)cc1)C(=O)Nc1cccc(Br)c1. The van der Waals surface area contributed by atoms with Crippen molar-refractivity contribution in [3.63, 3.8) is 0 Å². The summed E-state index contributed by atoms with van der Waals surface area (Å²) in [5.41, 5.74) is 1.50. The minimum atomic E-state index is -3.57. The molecule has 7 nitrogen and oxygen atoms in total. The van der Waals surface area contributed by atoms with Crippen LogP contribution in [0.4, 0.5) is 10.5 Å². The molecule has 0 radical (unpaired) electrons. The van der Waals surface area contributed by atoms with Crippen LogP contribution >= 0.6 is 15.9 Å². The lowest BCUT2D eigenvalue weighted by Gasteiger charge is -2.23. The van der Waals surface area contributed by atoms with Crippen LogP contribution in [0.1, 0.15) is 5.56 Å². The third-order valence-electron chi connectivity index (χ3n) is 3.47. The summed E-state index contributed by atoms with van der Waals surface area (Å²) >= 11 is 3.37. The molecule has 146 valence electrons. The first-order chi connectivity index (χ1) is 12.8. The summed E-state index contributed by atoms with van der Waals surface area (Å²) in [5.74, 6) is 0.225. The molecule has 1 N–H and O–H groups in total. The summed E-state index contributed by atoms with van der Waals surface area (Å²) in [6.07, 6.45) is 0.986. The van der Waals surface area contributed by atoms with Crippen LogP contribution in [0.15, 0.2) is 53.0 Å². The number of amides is 2. The molecule has 27 heavy (non-hydrogen) atoms. The maximum absolute atomic E-state index is 12.6. The summed E-state index contributed by atoms with van der Waals surface area (Å²) < 4.78 is 33.1. The molecule has 0 fully saturated rings. The molecule has 2 aromatic rings. The number of urea groups is 1. The predicted octanol–water partition coefficient (Wildman–Crippen LogP) is 3.47. The minimum absolute atomic E-state index is 0.225. The maximum atomic E-state index is 12.6. The van der Waals surface area contributed by atoms with Crippen molar-refractivity contribution in [3.8, 4) is 5.75 Å². The van der Waals surface area contributed by atoms with Gasteiger partial charge in [-0.3, -0.25) is 0 Å². The highest BCUT2D eigenvalue weighted by atomic mass is 79.9. The van der Waals surface area contributed by atoms with Crippen LogP contribution in [0, 0.1) is 0 Å². The van der Waals surface area contributed by atoms with E-state index in [-0.39, 0.29) is 11.8 Å². The quantitative estimate of drug-likeness (QED) is 0.614. The number of carbonyl (C=O) groups excluding carboxylic acids is 1. The molecular weight excluding hydrogens is 436 g/mol. The molecule has 2 rings (SSSR count). The average Bonchev–Trinajstić information content (AvgIpc) is 2.58. The van der Waals surface area contributed by atoms with Gasteiger partial charge in [0.1, 0.15) is 5.75 Å². The van der Waals surface area contributed by atoms with Gasteiger partial charge in [-0.2, -0.15) is 8.42 Å². The van der Waals surface area contributed by atoms with Gasteiger partial charge in [-0.25, -0.2) is 4.79 Å². The Bertz CT molecular complexity index is 872. The van der Waals surface area contributed by atoms with E-state index in [0.717, 1.165) is 16.3 Å². The van der Waals surface area contributed by atoms with Gasteiger partial charge in [-0.05, 0) is 35.9 Å². The number of carbonyl (C=O) groups is 1. The molecule has 0 saturated carbocycles. The van der Waals surface area contributed by atoms with Crippen LogP contribution in [0.3, 0.4) is 0 Å². The first-order valence-corrected chi connectivity index (χ1v) is 10.7. The molecule has 2 aromatic carbocycles. The highest BCUT2D eigenvalue weighted by Crippen LogP contribution is 2.18. The number of hydrogen-bond acceptors (Lipinski definition) is 5. The Kier molecular flexibility index (Phi) is 7.64. The van der Waals surface area contributed by atoms with Gasteiger partial charge in [0.05, 0.1) is 12.9 Å². The van der Waals surface area contributed by atoms with Crippen LogP contribution in [-0.2, 0) is 21.4 Å². The van der Waals surface area contributed by atoms with Gasteiger partial charge in [0, 0.05) is 30.4 Å². The largest absolute Gasteiger partial charge is 0.383 e. The van der Waals surface area contributed by atoms with Crippen molar-refractivity contribution < 1.29 is 22.1 Å². The normalized spacial score (nSPS) is 11.1. The van der Waals surface area contributed by atoms with Crippen molar-refractivity contribution in [2.24, 2.45) is 0 Å². The molecule has 0 atom stereocenters. The predicted molar refractivity (Wildman–Crippen MR) is 107 cm³/mol. The maximum Gasteiger partial charge on any atom is 0.322 e. The summed E-state index contributed by atoms with van der Waals surface area (Å²) in [6.45, 7) is 1.13. The van der Waals surface area contributed by atoms with E-state index in [0.29, 0.717) is 25.4 Å². The van der Waals surface area contributed by atoms with Crippen molar-refractivity contribution in [1.82, 2.24) is 4.90 Å². The van der Waals surface area contributed by atoms with Gasteiger partial charge in [0.25, 0.3) is 0 Å². The Hall–Kier alpha value is -2.10. The van der Waals surface area contributed by atoms with E-state index in [1.807, 2.05) is 18.2 Å². The first-order valence-electron chi connectivity index (χ1n) is 8.05. The highest BCUT2D eigenvalue weighted by Gasteiger charge is 2.15. The van der Waals surface area contributed by atoms with Crippen molar-refractivity contribution >= 4 is 37.8 Å². The van der Waals surface area contributed by atoms with Gasteiger partial charge in [0.2, 0.25) is 0 Å². The second-order valence-corrected chi connectivity index (χ2v) is 8.28. The Morgan fingerprint density at radius 1 is 1.19 bits per heavy atom. The molecule has 0 unspecified atom stereocenters. The zero-order chi connectivity index (χ0) is 19.9. The Morgan fingerprint density at radius 2 is 1.89 bits per heavy atom. The summed E-state index contributed by atoms with van der Waals surface area (Å²) in [7, 11) is -2.00. The summed E-state index contributed by atoms with van der Waals surface area (Å²) in [6, 6.07) is 13.6. The number of anilines is 1. The van der Waals surface area contributed by atoms with Crippen molar-refractivity contribution in [3.05, 3.63) is 58.6 Å². The van der Waals surface area contributed by atoms with Gasteiger partial charge in [-0.1, -0.05) is 34.1 Å². The van der Waals surface area contributed by atoms with Crippen molar-refractivity contribution in [2.45, 2.75) is 6.54 Å². The van der Waals surface area contributed by atoms with Crippen LogP contribution < -0.4 is 9.50 Å². The second-order valence-electron chi connectivity index (χ2n) is 5.79. The first kappa shape index (κ1) is 21.2. The van der Waals surface area contributed by atoms with E-state index < -0.39 is 10.1 Å². The zero-order valence-electron chi connectivity index (χ0n) is 15.0. The van der Waals surface area contributed by atoms with Gasteiger partial charge in [-0.15, -0.1) is 0 Å². The molecular formula is C18H21BrN2O5S. The van der Waals surface area contributed by atoms with E-state index in [4.69, 9.17) is 8.92 Å². The smallest absolute Gasteiger partial charge is 0.322 e. The van der Waals surface area contributed by atoms with E-state index >= 15 is 0 Å². The number of methoxy groups -OCH3 is 1. The number of hydrogen-bond donors (Lipinski definition) is 1. The molecule has 0 spiro atoms. The van der Waals surface area contributed by atoms with Gasteiger partial charge in [0.15, 0.2) is 0 Å². The third-order valence-corrected chi connectivity index (χ3v) is 4.46. The van der Waals surface area contributed by atoms with Crippen molar-refractivity contribution in [2.75, 3.05) is 31.8 Å². The zero-order valence-corrected chi connectivity index (χ0v) is 17.4. The second kappa shape index (κ2) is 9.72. The van der Waals surface area contributed by atoms with Gasteiger partial charge < -0.3 is 19.1 Å². The Labute approximate surface area is 167 Å². The number of rotatable bonds is 8. The Morgan fingerprint density at radius 3 is 2.48 bits per heavy atom. The topological polar surface area (TPSA) is 84.9 Å². The van der Waals surface area contributed by atoms with Crippen LogP contribution in [0.5, 0.6) is 5.75 Å². The molecule has 0 saturated heterocycles. The standard InChI is InChI=1S/C18H21BrN2O5S/c1-25-11-10-21(18(22)20-16-5-3-4-15(19)12-16)13-14-6-8-17(9-7-14)26-27(2,23)24/h3-9,12H,10-11,13H2,1-2H3,(H,20,22). The molecule has 0 aliphatic carbocycles. The highest BCUT2D eigenvalue weighted by molar-refractivity contribution is 9.10. The minimum Gasteiger partial charge on any atom is -0.383 e. The molecule has 0 heterocycles. The van der Waals surface area contributed by atoms with Gasteiger partial charge >= 0.3 is 16.1 Å². The monoisotopic (exact) mass is 456 g/mol. The molecule has 0 aliphatic heterocycles. The van der Waals surface area contributed by atoms with Crippen LogP contribution in [0.2, 0.25) is 0 Å². The van der Waals surface area contributed by atoms with E-state index in [2.05, 4.69) is 21.2 Å². The van der Waals surface area contributed by atoms with Crippen molar-refractivity contribution in [1.29, 1.82) is 0 Å². The molecule has 0 aliphatic rings. The Balaban J connectivity index is 2.07. The fourth-order valence-electron chi connectivity index (χ4n) is 2.27. The summed E-state index contributed by atoms with van der Waals surface area (Å²) in [4.78, 5) is 14.2. The number of benzene rings is 2. The van der Waals surface area contributed by atoms with E-state index in [9.17, 15) is 13.2 Å². The molecule has 9 heteroatoms. The average molecular weight is 457 g/mol. The number of nitrogens with zero attached hydrogens (tertiary/aromatic N) is 1. The lowest BCUT2D eigenvalue weighted by Crippen LogP contribution is -2.36. The lowest BCUT2D eigenvalue weighted by molar-refractivity contribution is 0.153. The number of ether oxygens (including phenoxy) is 1. The van der Waals surface area contributed by atoms with E-state index in [1.54, 1.807) is 42.3 Å². The molecule has 0 aromatic heterocycles. The number of nitrogens with one attached hydrogen (secondary N) is 1. The molecule has 0 bridgehead atoms. The molecule has 2 amide bonds.